The second kappa shape index (κ2) is 5.75. The second-order valence-electron chi connectivity index (χ2n) is 5.70. The van der Waals surface area contributed by atoms with E-state index >= 15 is 0 Å². The van der Waals surface area contributed by atoms with Crippen molar-refractivity contribution in [1.82, 2.24) is 5.32 Å². The molecule has 0 spiro atoms. The van der Waals surface area contributed by atoms with Crippen molar-refractivity contribution in [3.63, 3.8) is 0 Å². The molecule has 1 N–H and O–H groups in total. The zero-order chi connectivity index (χ0) is 13.9. The van der Waals surface area contributed by atoms with Gasteiger partial charge in [-0.25, -0.2) is 4.90 Å². The number of carbonyl (C=O) groups excluding carboxylic acids is 2. The zero-order valence-electron chi connectivity index (χ0n) is 11.5. The van der Waals surface area contributed by atoms with Gasteiger partial charge in [0.05, 0.1) is 18.2 Å². The summed E-state index contributed by atoms with van der Waals surface area (Å²) in [6.07, 6.45) is 5.36. The smallest absolute Gasteiger partial charge is 0.251 e. The third-order valence-corrected chi connectivity index (χ3v) is 4.33. The molecule has 1 aromatic rings. The highest BCUT2D eigenvalue weighted by Crippen LogP contribution is 2.29. The Hall–Kier alpha value is -1.68. The number of rotatable bonds is 5. The number of nitrogens with zero attached hydrogens (tertiary/aromatic N) is 1. The fourth-order valence-corrected chi connectivity index (χ4v) is 2.88. The summed E-state index contributed by atoms with van der Waals surface area (Å²) in [4.78, 5) is 25.6. The van der Waals surface area contributed by atoms with Crippen LogP contribution >= 0.6 is 0 Å². The van der Waals surface area contributed by atoms with Crippen LogP contribution < -0.4 is 10.2 Å². The summed E-state index contributed by atoms with van der Waals surface area (Å²) in [7, 11) is 0. The molecule has 1 unspecified atom stereocenters. The van der Waals surface area contributed by atoms with E-state index in [0.717, 1.165) is 18.9 Å². The van der Waals surface area contributed by atoms with Crippen LogP contribution in [0.2, 0.25) is 0 Å². The fourth-order valence-electron chi connectivity index (χ4n) is 2.88. The van der Waals surface area contributed by atoms with E-state index in [1.165, 1.54) is 24.2 Å². The first kappa shape index (κ1) is 13.3. The van der Waals surface area contributed by atoms with Crippen molar-refractivity contribution in [1.29, 1.82) is 0 Å². The van der Waals surface area contributed by atoms with Crippen molar-refractivity contribution in [2.24, 2.45) is 5.92 Å². The molecule has 1 aliphatic carbocycles. The molecule has 0 bridgehead atoms. The highest BCUT2D eigenvalue weighted by molar-refractivity contribution is 6.22. The van der Waals surface area contributed by atoms with Crippen molar-refractivity contribution in [3.05, 3.63) is 30.3 Å². The molecule has 2 amide bonds. The molecule has 1 heterocycles. The molecular formula is C16H20N2O2. The number of benzene rings is 1. The number of anilines is 1. The summed E-state index contributed by atoms with van der Waals surface area (Å²) >= 11 is 0. The average Bonchev–Trinajstić information content (AvgIpc) is 2.68. The van der Waals surface area contributed by atoms with Gasteiger partial charge in [-0.15, -0.1) is 0 Å². The maximum atomic E-state index is 12.3. The lowest BCUT2D eigenvalue weighted by Gasteiger charge is -2.25. The van der Waals surface area contributed by atoms with Crippen molar-refractivity contribution >= 4 is 17.5 Å². The van der Waals surface area contributed by atoms with Crippen molar-refractivity contribution in [2.45, 2.75) is 38.1 Å². The number of para-hydroxylation sites is 1. The van der Waals surface area contributed by atoms with Crippen LogP contribution in [-0.4, -0.2) is 24.4 Å². The van der Waals surface area contributed by atoms with Crippen LogP contribution in [0.25, 0.3) is 0 Å². The number of hydrogen-bond donors (Lipinski definition) is 1. The first-order valence-corrected chi connectivity index (χ1v) is 7.41. The number of hydrogen-bond acceptors (Lipinski definition) is 3. The summed E-state index contributed by atoms with van der Waals surface area (Å²) in [5, 5.41) is 3.25. The molecule has 4 nitrogen and oxygen atoms in total. The predicted molar refractivity (Wildman–Crippen MR) is 77.3 cm³/mol. The van der Waals surface area contributed by atoms with Gasteiger partial charge in [0.25, 0.3) is 5.91 Å². The standard InChI is InChI=1S/C16H20N2O2/c19-15-11-14(17-10-9-12-5-4-6-12)16(20)18(15)13-7-2-1-3-8-13/h1-3,7-8,12,14,17H,4-6,9-11H2. The minimum atomic E-state index is -0.345. The van der Waals surface area contributed by atoms with Crippen LogP contribution in [0.3, 0.4) is 0 Å². The average molecular weight is 272 g/mol. The molecule has 0 aromatic heterocycles. The lowest BCUT2D eigenvalue weighted by atomic mass is 9.83. The lowest BCUT2D eigenvalue weighted by Crippen LogP contribution is -2.39. The number of carbonyl (C=O) groups is 2. The maximum absolute atomic E-state index is 12.3. The van der Waals surface area contributed by atoms with Gasteiger partial charge in [-0.3, -0.25) is 9.59 Å². The van der Waals surface area contributed by atoms with E-state index in [2.05, 4.69) is 5.32 Å². The molecule has 1 atom stereocenters. The zero-order valence-corrected chi connectivity index (χ0v) is 11.5. The molecule has 106 valence electrons. The van der Waals surface area contributed by atoms with Gasteiger partial charge in [0, 0.05) is 0 Å². The minimum absolute atomic E-state index is 0.109. The summed E-state index contributed by atoms with van der Waals surface area (Å²) in [5.74, 6) is 0.595. The molecule has 1 saturated carbocycles. The van der Waals surface area contributed by atoms with Crippen LogP contribution in [0.1, 0.15) is 32.1 Å². The highest BCUT2D eigenvalue weighted by atomic mass is 16.2. The van der Waals surface area contributed by atoms with E-state index in [0.29, 0.717) is 5.69 Å². The first-order valence-electron chi connectivity index (χ1n) is 7.41. The third-order valence-electron chi connectivity index (χ3n) is 4.33. The highest BCUT2D eigenvalue weighted by Gasteiger charge is 2.39. The summed E-state index contributed by atoms with van der Waals surface area (Å²) in [5.41, 5.74) is 0.672. The molecule has 2 aliphatic rings. The lowest BCUT2D eigenvalue weighted by molar-refractivity contribution is -0.121. The van der Waals surface area contributed by atoms with E-state index in [4.69, 9.17) is 0 Å². The third kappa shape index (κ3) is 2.61. The molecule has 1 saturated heterocycles. The van der Waals surface area contributed by atoms with Gasteiger partial charge < -0.3 is 5.32 Å². The normalized spacial score (nSPS) is 23.2. The van der Waals surface area contributed by atoms with Gasteiger partial charge in [0.1, 0.15) is 0 Å². The Morgan fingerprint density at radius 1 is 1.15 bits per heavy atom. The van der Waals surface area contributed by atoms with Gasteiger partial charge in [-0.2, -0.15) is 0 Å². The van der Waals surface area contributed by atoms with Gasteiger partial charge >= 0.3 is 0 Å². The van der Waals surface area contributed by atoms with Crippen LogP contribution in [0, 0.1) is 5.92 Å². The number of imide groups is 1. The summed E-state index contributed by atoms with van der Waals surface area (Å²) in [6, 6.07) is 8.81. The fraction of sp³-hybridized carbons (Fsp3) is 0.500. The van der Waals surface area contributed by atoms with Gasteiger partial charge in [-0.05, 0) is 31.0 Å². The van der Waals surface area contributed by atoms with Gasteiger partial charge in [0.2, 0.25) is 5.91 Å². The molecule has 4 heteroatoms. The van der Waals surface area contributed by atoms with Crippen molar-refractivity contribution < 1.29 is 9.59 Å². The monoisotopic (exact) mass is 272 g/mol. The minimum Gasteiger partial charge on any atom is -0.305 e. The maximum Gasteiger partial charge on any atom is 0.251 e. The van der Waals surface area contributed by atoms with E-state index in [1.807, 2.05) is 18.2 Å². The Morgan fingerprint density at radius 3 is 2.55 bits per heavy atom. The molecule has 0 radical (unpaired) electrons. The van der Waals surface area contributed by atoms with E-state index in [9.17, 15) is 9.59 Å². The van der Waals surface area contributed by atoms with E-state index in [1.54, 1.807) is 12.1 Å². The first-order chi connectivity index (χ1) is 9.75. The molecule has 1 aromatic carbocycles. The van der Waals surface area contributed by atoms with Crippen LogP contribution in [0.5, 0.6) is 0 Å². The molecular weight excluding hydrogens is 252 g/mol. The van der Waals surface area contributed by atoms with Crippen LogP contribution in [-0.2, 0) is 9.59 Å². The molecule has 2 fully saturated rings. The Morgan fingerprint density at radius 2 is 1.90 bits per heavy atom. The quantitative estimate of drug-likeness (QED) is 0.835. The SMILES string of the molecule is O=C1CC(NCCC2CCC2)C(=O)N1c1ccccc1. The van der Waals surface area contributed by atoms with Crippen molar-refractivity contribution in [3.8, 4) is 0 Å². The molecule has 20 heavy (non-hydrogen) atoms. The molecule has 3 rings (SSSR count). The predicted octanol–water partition coefficient (Wildman–Crippen LogP) is 2.10. The largest absolute Gasteiger partial charge is 0.305 e. The van der Waals surface area contributed by atoms with Gasteiger partial charge in [-0.1, -0.05) is 37.5 Å². The van der Waals surface area contributed by atoms with E-state index in [-0.39, 0.29) is 24.3 Å². The van der Waals surface area contributed by atoms with Crippen LogP contribution in [0.4, 0.5) is 5.69 Å². The van der Waals surface area contributed by atoms with Gasteiger partial charge in [0.15, 0.2) is 0 Å². The Balaban J connectivity index is 1.58. The second-order valence-corrected chi connectivity index (χ2v) is 5.70. The van der Waals surface area contributed by atoms with E-state index < -0.39 is 0 Å². The summed E-state index contributed by atoms with van der Waals surface area (Å²) in [6.45, 7) is 0.830. The summed E-state index contributed by atoms with van der Waals surface area (Å²) < 4.78 is 0. The Kier molecular flexibility index (Phi) is 3.83. The Bertz CT molecular complexity index is 496. The van der Waals surface area contributed by atoms with Crippen LogP contribution in [0.15, 0.2) is 30.3 Å². The molecule has 1 aliphatic heterocycles. The number of amides is 2. The number of nitrogens with one attached hydrogen (secondary N) is 1. The van der Waals surface area contributed by atoms with Crippen molar-refractivity contribution in [2.75, 3.05) is 11.4 Å². The topological polar surface area (TPSA) is 49.4 Å². The Labute approximate surface area is 119 Å².